The van der Waals surface area contributed by atoms with Crippen LogP contribution in [-0.2, 0) is 19.1 Å². The van der Waals surface area contributed by atoms with Gasteiger partial charge in [0, 0.05) is 13.8 Å². The van der Waals surface area contributed by atoms with Crippen LogP contribution in [0.1, 0.15) is 34.6 Å². The van der Waals surface area contributed by atoms with Crippen LogP contribution in [0, 0.1) is 0 Å². The summed E-state index contributed by atoms with van der Waals surface area (Å²) in [6, 6.07) is 9.94. The zero-order valence-electron chi connectivity index (χ0n) is 13.4. The summed E-state index contributed by atoms with van der Waals surface area (Å²) in [5, 5.41) is 0.999. The topological polar surface area (TPSA) is 52.6 Å². The lowest BCUT2D eigenvalue weighted by molar-refractivity contribution is -0.139. The van der Waals surface area contributed by atoms with E-state index in [1.165, 1.54) is 13.8 Å². The van der Waals surface area contributed by atoms with Gasteiger partial charge < -0.3 is 9.47 Å². The van der Waals surface area contributed by atoms with Gasteiger partial charge in [0.25, 0.3) is 0 Å². The third-order valence-corrected chi connectivity index (χ3v) is 9.39. The van der Waals surface area contributed by atoms with Gasteiger partial charge in [-0.05, 0) is 5.04 Å². The zero-order valence-corrected chi connectivity index (χ0v) is 14.4. The molecular formula is C16H24O4Si. The third-order valence-electron chi connectivity index (χ3n) is 3.81. The van der Waals surface area contributed by atoms with Crippen LogP contribution in [0.4, 0.5) is 0 Å². The van der Waals surface area contributed by atoms with Crippen LogP contribution in [0.2, 0.25) is 5.04 Å². The maximum absolute atomic E-state index is 11.3. The zero-order chi connectivity index (χ0) is 16.1. The molecule has 4 nitrogen and oxygen atoms in total. The highest BCUT2D eigenvalue weighted by atomic mass is 28.3. The Hall–Kier alpha value is -1.62. The van der Waals surface area contributed by atoms with Crippen molar-refractivity contribution in [2.24, 2.45) is 0 Å². The molecule has 0 aliphatic carbocycles. The molecule has 0 N–H and O–H groups in total. The van der Waals surface area contributed by atoms with Crippen molar-refractivity contribution in [1.82, 2.24) is 0 Å². The molecule has 0 aliphatic rings. The van der Waals surface area contributed by atoms with Crippen LogP contribution in [0.3, 0.4) is 0 Å². The summed E-state index contributed by atoms with van der Waals surface area (Å²) in [7, 11) is -2.38. The van der Waals surface area contributed by atoms with Crippen molar-refractivity contribution in [1.29, 1.82) is 0 Å². The molecule has 0 aromatic heterocycles. The Labute approximate surface area is 127 Å². The summed E-state index contributed by atoms with van der Waals surface area (Å²) >= 11 is 0. The molecule has 1 aromatic rings. The first kappa shape index (κ1) is 17.4. The quantitative estimate of drug-likeness (QED) is 0.619. The first-order chi connectivity index (χ1) is 9.69. The van der Waals surface area contributed by atoms with Crippen molar-refractivity contribution in [2.75, 3.05) is 12.5 Å². The van der Waals surface area contributed by atoms with E-state index in [1.807, 2.05) is 30.3 Å². The number of ether oxygens (including phenoxy) is 2. The molecule has 0 radical (unpaired) electrons. The molecule has 0 saturated heterocycles. The van der Waals surface area contributed by atoms with E-state index in [0.29, 0.717) is 12.5 Å². The minimum Gasteiger partial charge on any atom is -0.469 e. The SMILES string of the molecule is CC(=O)OC[Si](COC(C)=O)(c1ccccc1)C(C)(C)C. The summed E-state index contributed by atoms with van der Waals surface area (Å²) in [6.07, 6.45) is 0.617. The minimum absolute atomic E-state index is 0.126. The van der Waals surface area contributed by atoms with Crippen molar-refractivity contribution in [3.05, 3.63) is 30.3 Å². The average Bonchev–Trinajstić information content (AvgIpc) is 2.38. The van der Waals surface area contributed by atoms with Crippen LogP contribution < -0.4 is 5.19 Å². The molecule has 1 aromatic carbocycles. The van der Waals surface area contributed by atoms with Gasteiger partial charge >= 0.3 is 11.9 Å². The van der Waals surface area contributed by atoms with Crippen molar-refractivity contribution >= 4 is 25.2 Å². The number of rotatable bonds is 5. The molecule has 0 aliphatic heterocycles. The second-order valence-corrected chi connectivity index (χ2v) is 11.1. The van der Waals surface area contributed by atoms with E-state index in [1.54, 1.807) is 0 Å². The summed E-state index contributed by atoms with van der Waals surface area (Å²) in [5.74, 6) is -0.621. The molecule has 0 atom stereocenters. The number of esters is 2. The van der Waals surface area contributed by atoms with E-state index in [4.69, 9.17) is 9.47 Å². The predicted molar refractivity (Wildman–Crippen MR) is 84.8 cm³/mol. The van der Waals surface area contributed by atoms with E-state index in [9.17, 15) is 9.59 Å². The van der Waals surface area contributed by atoms with Gasteiger partial charge in [-0.3, -0.25) is 9.59 Å². The standard InChI is InChI=1S/C16H24O4Si/c1-13(17)19-11-21(16(3,4)5,12-20-14(2)18)15-9-7-6-8-10-15/h6-10H,11-12H2,1-5H3. The first-order valence-corrected chi connectivity index (χ1v) is 9.43. The largest absolute Gasteiger partial charge is 0.469 e. The molecular weight excluding hydrogens is 284 g/mol. The lowest BCUT2D eigenvalue weighted by Crippen LogP contribution is -2.63. The van der Waals surface area contributed by atoms with Crippen LogP contribution in [0.5, 0.6) is 0 Å². The highest BCUT2D eigenvalue weighted by molar-refractivity contribution is 6.94. The summed E-state index contributed by atoms with van der Waals surface area (Å²) in [4.78, 5) is 22.6. The monoisotopic (exact) mass is 308 g/mol. The molecule has 0 bridgehead atoms. The van der Waals surface area contributed by atoms with Gasteiger partial charge in [-0.15, -0.1) is 0 Å². The molecule has 0 amide bonds. The molecule has 0 spiro atoms. The average molecular weight is 308 g/mol. The van der Waals surface area contributed by atoms with Crippen LogP contribution >= 0.6 is 0 Å². The van der Waals surface area contributed by atoms with Crippen LogP contribution in [-0.4, -0.2) is 32.5 Å². The van der Waals surface area contributed by atoms with E-state index < -0.39 is 8.07 Å². The Morgan fingerprint density at radius 2 is 1.38 bits per heavy atom. The first-order valence-electron chi connectivity index (χ1n) is 7.01. The van der Waals surface area contributed by atoms with Gasteiger partial charge in [0.15, 0.2) is 8.07 Å². The van der Waals surface area contributed by atoms with E-state index in [0.717, 1.165) is 5.19 Å². The molecule has 5 heteroatoms. The van der Waals surface area contributed by atoms with Gasteiger partial charge in [-0.2, -0.15) is 0 Å². The number of hydrogen-bond donors (Lipinski definition) is 0. The molecule has 0 fully saturated rings. The number of carbonyl (C=O) groups excluding carboxylic acids is 2. The van der Waals surface area contributed by atoms with Crippen molar-refractivity contribution < 1.29 is 19.1 Å². The van der Waals surface area contributed by atoms with E-state index in [2.05, 4.69) is 20.8 Å². The van der Waals surface area contributed by atoms with Crippen molar-refractivity contribution in [3.63, 3.8) is 0 Å². The van der Waals surface area contributed by atoms with Crippen molar-refractivity contribution in [3.8, 4) is 0 Å². The Morgan fingerprint density at radius 3 is 1.71 bits per heavy atom. The molecule has 1 rings (SSSR count). The van der Waals surface area contributed by atoms with Gasteiger partial charge in [0.2, 0.25) is 0 Å². The number of hydrogen-bond acceptors (Lipinski definition) is 4. The van der Waals surface area contributed by atoms with Gasteiger partial charge in [0.1, 0.15) is 0 Å². The second kappa shape index (κ2) is 6.89. The predicted octanol–water partition coefficient (Wildman–Crippen LogP) is 2.35. The highest BCUT2D eigenvalue weighted by Crippen LogP contribution is 2.36. The fourth-order valence-electron chi connectivity index (χ4n) is 2.28. The molecule has 0 heterocycles. The smallest absolute Gasteiger partial charge is 0.302 e. The minimum atomic E-state index is -2.38. The van der Waals surface area contributed by atoms with Crippen LogP contribution in [0.15, 0.2) is 30.3 Å². The van der Waals surface area contributed by atoms with Crippen LogP contribution in [0.25, 0.3) is 0 Å². The summed E-state index contributed by atoms with van der Waals surface area (Å²) in [6.45, 7) is 9.13. The molecule has 116 valence electrons. The lowest BCUT2D eigenvalue weighted by atomic mass is 10.2. The Bertz CT molecular complexity index is 473. The lowest BCUT2D eigenvalue weighted by Gasteiger charge is -2.41. The number of benzene rings is 1. The normalized spacial score (nSPS) is 11.9. The van der Waals surface area contributed by atoms with Gasteiger partial charge in [0.05, 0.1) is 12.5 Å². The number of carbonyl (C=O) groups is 2. The Kier molecular flexibility index (Phi) is 5.72. The van der Waals surface area contributed by atoms with E-state index >= 15 is 0 Å². The summed E-state index contributed by atoms with van der Waals surface area (Å²) < 4.78 is 10.7. The highest BCUT2D eigenvalue weighted by Gasteiger charge is 2.48. The maximum Gasteiger partial charge on any atom is 0.302 e. The Balaban J connectivity index is 3.26. The third kappa shape index (κ3) is 4.42. The molecule has 0 saturated carbocycles. The van der Waals surface area contributed by atoms with E-state index in [-0.39, 0.29) is 17.0 Å². The summed E-state index contributed by atoms with van der Waals surface area (Å²) in [5.41, 5.74) is 0. The Morgan fingerprint density at radius 1 is 0.952 bits per heavy atom. The van der Waals surface area contributed by atoms with Gasteiger partial charge in [-0.25, -0.2) is 0 Å². The molecule has 21 heavy (non-hydrogen) atoms. The van der Waals surface area contributed by atoms with Gasteiger partial charge in [-0.1, -0.05) is 56.3 Å². The maximum atomic E-state index is 11.3. The fraction of sp³-hybridized carbons (Fsp3) is 0.500. The molecule has 0 unspecified atom stereocenters. The second-order valence-electron chi connectivity index (χ2n) is 6.26. The van der Waals surface area contributed by atoms with Crippen molar-refractivity contribution in [2.45, 2.75) is 39.7 Å². The fourth-order valence-corrected chi connectivity index (χ4v) is 6.16.